The third kappa shape index (κ3) is 2.03. The van der Waals surface area contributed by atoms with E-state index in [0.717, 1.165) is 18.4 Å². The molecule has 0 fully saturated rings. The number of aromatic amines is 1. The highest BCUT2D eigenvalue weighted by atomic mass is 14.7. The van der Waals surface area contributed by atoms with Gasteiger partial charge in [-0.2, -0.15) is 0 Å². The summed E-state index contributed by atoms with van der Waals surface area (Å²) in [7, 11) is 0. The summed E-state index contributed by atoms with van der Waals surface area (Å²) in [4.78, 5) is 3.23. The highest BCUT2D eigenvalue weighted by Gasteiger charge is 2.10. The maximum atomic E-state index is 6.12. The van der Waals surface area contributed by atoms with E-state index >= 15 is 0 Å². The van der Waals surface area contributed by atoms with Gasteiger partial charge < -0.3 is 16.5 Å². The van der Waals surface area contributed by atoms with Gasteiger partial charge in [0, 0.05) is 23.1 Å². The molecule has 2 aromatic rings. The third-order valence-electron chi connectivity index (χ3n) is 2.74. The molecule has 2 rings (SSSR count). The minimum absolute atomic E-state index is 0.0877. The van der Waals surface area contributed by atoms with Crippen molar-refractivity contribution in [2.75, 3.05) is 6.54 Å². The van der Waals surface area contributed by atoms with Crippen LogP contribution < -0.4 is 11.5 Å². The molecule has 0 aliphatic carbocycles. The van der Waals surface area contributed by atoms with Crippen molar-refractivity contribution in [3.8, 4) is 0 Å². The summed E-state index contributed by atoms with van der Waals surface area (Å²) < 4.78 is 0. The first-order valence-corrected chi connectivity index (χ1v) is 5.34. The summed E-state index contributed by atoms with van der Waals surface area (Å²) in [6.45, 7) is 0.704. The fourth-order valence-electron chi connectivity index (χ4n) is 1.89. The lowest BCUT2D eigenvalue weighted by Gasteiger charge is -2.09. The molecule has 1 heterocycles. The van der Waals surface area contributed by atoms with Gasteiger partial charge in [0.15, 0.2) is 0 Å². The molecule has 3 nitrogen and oxygen atoms in total. The predicted octanol–water partition coefficient (Wildman–Crippen LogP) is 1.91. The molecule has 0 aliphatic rings. The molecule has 0 saturated carbocycles. The minimum atomic E-state index is 0.0877. The van der Waals surface area contributed by atoms with E-state index in [0.29, 0.717) is 6.54 Å². The molecular formula is C12H17N3. The Kier molecular flexibility index (Phi) is 3.04. The minimum Gasteiger partial charge on any atom is -0.361 e. The highest BCUT2D eigenvalue weighted by Crippen LogP contribution is 2.24. The lowest BCUT2D eigenvalue weighted by Crippen LogP contribution is -2.12. The van der Waals surface area contributed by atoms with E-state index in [1.165, 1.54) is 10.9 Å². The molecule has 0 saturated heterocycles. The van der Waals surface area contributed by atoms with Gasteiger partial charge in [-0.3, -0.25) is 0 Å². The number of benzene rings is 1. The Bertz CT molecular complexity index is 433. The van der Waals surface area contributed by atoms with Crippen molar-refractivity contribution in [3.63, 3.8) is 0 Å². The van der Waals surface area contributed by atoms with Crippen molar-refractivity contribution in [1.29, 1.82) is 0 Å². The van der Waals surface area contributed by atoms with Crippen LogP contribution in [0.2, 0.25) is 0 Å². The van der Waals surface area contributed by atoms with Crippen molar-refractivity contribution in [2.45, 2.75) is 18.9 Å². The van der Waals surface area contributed by atoms with E-state index in [2.05, 4.69) is 17.1 Å². The van der Waals surface area contributed by atoms with E-state index < -0.39 is 0 Å². The van der Waals surface area contributed by atoms with Crippen LogP contribution >= 0.6 is 0 Å². The van der Waals surface area contributed by atoms with Crippen LogP contribution in [0.25, 0.3) is 10.9 Å². The number of H-pyrrole nitrogens is 1. The van der Waals surface area contributed by atoms with Crippen molar-refractivity contribution >= 4 is 10.9 Å². The van der Waals surface area contributed by atoms with Crippen LogP contribution in [0.3, 0.4) is 0 Å². The van der Waals surface area contributed by atoms with Crippen LogP contribution in [-0.4, -0.2) is 11.5 Å². The van der Waals surface area contributed by atoms with Gasteiger partial charge in [-0.25, -0.2) is 0 Å². The van der Waals surface area contributed by atoms with Crippen molar-refractivity contribution in [1.82, 2.24) is 4.98 Å². The Morgan fingerprint density at radius 2 is 2.07 bits per heavy atom. The molecule has 5 N–H and O–H groups in total. The molecule has 0 aliphatic heterocycles. The molecule has 0 radical (unpaired) electrons. The standard InChI is InChI=1S/C12H17N3/c13-7-3-5-11(14)10-8-15-12-6-2-1-4-9(10)12/h1-2,4,6,8,11,15H,3,5,7,13-14H2/t11-/m1/s1. The molecule has 0 unspecified atom stereocenters. The fourth-order valence-corrected chi connectivity index (χ4v) is 1.89. The second kappa shape index (κ2) is 4.47. The largest absolute Gasteiger partial charge is 0.361 e. The Labute approximate surface area is 89.5 Å². The first-order valence-electron chi connectivity index (χ1n) is 5.34. The summed E-state index contributed by atoms with van der Waals surface area (Å²) in [5.74, 6) is 0. The first kappa shape index (κ1) is 10.2. The van der Waals surface area contributed by atoms with Crippen molar-refractivity contribution in [2.24, 2.45) is 11.5 Å². The lowest BCUT2D eigenvalue weighted by atomic mass is 10.0. The van der Waals surface area contributed by atoms with Crippen LogP contribution in [-0.2, 0) is 0 Å². The van der Waals surface area contributed by atoms with E-state index in [1.807, 2.05) is 18.3 Å². The molecule has 1 aromatic carbocycles. The Morgan fingerprint density at radius 3 is 2.87 bits per heavy atom. The van der Waals surface area contributed by atoms with Crippen LogP contribution in [0.4, 0.5) is 0 Å². The van der Waals surface area contributed by atoms with Gasteiger partial charge in [-0.15, -0.1) is 0 Å². The number of hydrogen-bond donors (Lipinski definition) is 3. The number of rotatable bonds is 4. The third-order valence-corrected chi connectivity index (χ3v) is 2.74. The number of para-hydroxylation sites is 1. The summed E-state index contributed by atoms with van der Waals surface area (Å²) in [6.07, 6.45) is 3.92. The van der Waals surface area contributed by atoms with Crippen LogP contribution in [0.15, 0.2) is 30.5 Å². The van der Waals surface area contributed by atoms with Gasteiger partial charge in [-0.1, -0.05) is 18.2 Å². The summed E-state index contributed by atoms with van der Waals surface area (Å²) in [6, 6.07) is 8.31. The predicted molar refractivity (Wildman–Crippen MR) is 63.5 cm³/mol. The maximum Gasteiger partial charge on any atom is 0.0457 e. The number of nitrogens with one attached hydrogen (secondary N) is 1. The smallest absolute Gasteiger partial charge is 0.0457 e. The van der Waals surface area contributed by atoms with E-state index in [-0.39, 0.29) is 6.04 Å². The number of nitrogens with two attached hydrogens (primary N) is 2. The summed E-state index contributed by atoms with van der Waals surface area (Å²) in [5.41, 5.74) is 13.9. The molecule has 80 valence electrons. The summed E-state index contributed by atoms with van der Waals surface area (Å²) >= 11 is 0. The van der Waals surface area contributed by atoms with Crippen molar-refractivity contribution in [3.05, 3.63) is 36.0 Å². The van der Waals surface area contributed by atoms with Gasteiger partial charge in [0.05, 0.1) is 0 Å². The van der Waals surface area contributed by atoms with Gasteiger partial charge in [0.25, 0.3) is 0 Å². The van der Waals surface area contributed by atoms with Gasteiger partial charge in [-0.05, 0) is 31.0 Å². The number of fused-ring (bicyclic) bond motifs is 1. The average Bonchev–Trinajstić information content (AvgIpc) is 2.69. The van der Waals surface area contributed by atoms with Gasteiger partial charge in [0.2, 0.25) is 0 Å². The second-order valence-corrected chi connectivity index (χ2v) is 3.83. The zero-order chi connectivity index (χ0) is 10.7. The maximum absolute atomic E-state index is 6.12. The summed E-state index contributed by atoms with van der Waals surface area (Å²) in [5, 5.41) is 1.22. The zero-order valence-corrected chi connectivity index (χ0v) is 8.74. The molecular weight excluding hydrogens is 186 g/mol. The van der Waals surface area contributed by atoms with E-state index in [4.69, 9.17) is 11.5 Å². The molecule has 1 atom stereocenters. The lowest BCUT2D eigenvalue weighted by molar-refractivity contribution is 0.621. The van der Waals surface area contributed by atoms with Gasteiger partial charge in [0.1, 0.15) is 0 Å². The van der Waals surface area contributed by atoms with Crippen molar-refractivity contribution < 1.29 is 0 Å². The average molecular weight is 203 g/mol. The zero-order valence-electron chi connectivity index (χ0n) is 8.74. The van der Waals surface area contributed by atoms with Crippen LogP contribution in [0, 0.1) is 0 Å². The topological polar surface area (TPSA) is 67.8 Å². The van der Waals surface area contributed by atoms with E-state index in [1.54, 1.807) is 0 Å². The Morgan fingerprint density at radius 1 is 1.27 bits per heavy atom. The highest BCUT2D eigenvalue weighted by molar-refractivity contribution is 5.83. The molecule has 3 heteroatoms. The second-order valence-electron chi connectivity index (χ2n) is 3.83. The quantitative estimate of drug-likeness (QED) is 0.710. The van der Waals surface area contributed by atoms with E-state index in [9.17, 15) is 0 Å². The van der Waals surface area contributed by atoms with Gasteiger partial charge >= 0.3 is 0 Å². The number of hydrogen-bond acceptors (Lipinski definition) is 2. The SMILES string of the molecule is NCCC[C@@H](N)c1c[nH]c2ccccc12. The first-order chi connectivity index (χ1) is 7.33. The Balaban J connectivity index is 2.27. The van der Waals surface area contributed by atoms with Crippen LogP contribution in [0.1, 0.15) is 24.4 Å². The monoisotopic (exact) mass is 203 g/mol. The molecule has 15 heavy (non-hydrogen) atoms. The Hall–Kier alpha value is -1.32. The van der Waals surface area contributed by atoms with Crippen LogP contribution in [0.5, 0.6) is 0 Å². The normalized spacial score (nSPS) is 13.2. The molecule has 0 amide bonds. The molecule has 1 aromatic heterocycles. The number of aromatic nitrogens is 1. The fraction of sp³-hybridized carbons (Fsp3) is 0.333. The molecule has 0 spiro atoms. The molecule has 0 bridgehead atoms.